The highest BCUT2D eigenvalue weighted by molar-refractivity contribution is 7.90. The number of benzene rings is 3. The first-order chi connectivity index (χ1) is 17.3. The van der Waals surface area contributed by atoms with Crippen LogP contribution in [-0.4, -0.2) is 49.5 Å². The van der Waals surface area contributed by atoms with Crippen molar-refractivity contribution in [2.24, 2.45) is 0 Å². The molecule has 0 fully saturated rings. The summed E-state index contributed by atoms with van der Waals surface area (Å²) in [4.78, 5) is 24.8. The van der Waals surface area contributed by atoms with E-state index >= 15 is 0 Å². The highest BCUT2D eigenvalue weighted by Gasteiger charge is 2.24. The van der Waals surface area contributed by atoms with Crippen molar-refractivity contribution in [3.05, 3.63) is 93.2 Å². The van der Waals surface area contributed by atoms with E-state index in [0.717, 1.165) is 11.6 Å². The highest BCUT2D eigenvalue weighted by Crippen LogP contribution is 2.34. The second-order valence-electron chi connectivity index (χ2n) is 8.29. The van der Waals surface area contributed by atoms with E-state index in [9.17, 15) is 28.2 Å². The number of rotatable bonds is 9. The van der Waals surface area contributed by atoms with Gasteiger partial charge in [0.2, 0.25) is 0 Å². The molecule has 0 aliphatic heterocycles. The summed E-state index contributed by atoms with van der Waals surface area (Å²) in [6.45, 7) is 2.02. The molecule has 0 spiro atoms. The van der Waals surface area contributed by atoms with Crippen molar-refractivity contribution in [2.75, 3.05) is 12.9 Å². The van der Waals surface area contributed by atoms with Gasteiger partial charge in [0.25, 0.3) is 5.91 Å². The van der Waals surface area contributed by atoms with Crippen LogP contribution in [0.2, 0.25) is 10.0 Å². The molecule has 37 heavy (non-hydrogen) atoms. The molecule has 11 heteroatoms. The van der Waals surface area contributed by atoms with Gasteiger partial charge >= 0.3 is 5.97 Å². The van der Waals surface area contributed by atoms with Gasteiger partial charge in [-0.05, 0) is 59.5 Å². The first-order valence-electron chi connectivity index (χ1n) is 10.9. The summed E-state index contributed by atoms with van der Waals surface area (Å²) >= 11 is 12.7. The van der Waals surface area contributed by atoms with Crippen LogP contribution in [0.5, 0.6) is 5.75 Å². The molecule has 3 aromatic carbocycles. The lowest BCUT2D eigenvalue weighted by Gasteiger charge is -2.16. The molecule has 0 aliphatic rings. The van der Waals surface area contributed by atoms with E-state index in [1.165, 1.54) is 18.2 Å². The normalized spacial score (nSPS) is 13.3. The Bertz CT molecular complexity index is 1450. The summed E-state index contributed by atoms with van der Waals surface area (Å²) in [7, 11) is -4.19. The number of carboxylic acids is 1. The van der Waals surface area contributed by atoms with E-state index in [1.807, 2.05) is 24.6 Å². The number of carboxylic acid groups (broad SMARTS) is 1. The number of hydrogen-bond donors (Lipinski definition) is 3. The molecule has 0 saturated heterocycles. The van der Waals surface area contributed by atoms with Crippen molar-refractivity contribution in [3.63, 3.8) is 0 Å². The van der Waals surface area contributed by atoms with Crippen LogP contribution in [0.15, 0.2) is 71.4 Å². The van der Waals surface area contributed by atoms with E-state index in [1.54, 1.807) is 36.4 Å². The zero-order valence-electron chi connectivity index (χ0n) is 19.9. The predicted molar refractivity (Wildman–Crippen MR) is 148 cm³/mol. The minimum Gasteiger partial charge on any atom is -0.508 e. The Labute approximate surface area is 226 Å². The summed E-state index contributed by atoms with van der Waals surface area (Å²) in [6.07, 6.45) is 2.72. The number of phenolic OH excluding ortho intramolecular Hbond substituents is 1. The summed E-state index contributed by atoms with van der Waals surface area (Å²) in [5.74, 6) is 0.0732. The third-order valence-electron chi connectivity index (χ3n) is 5.39. The van der Waals surface area contributed by atoms with Gasteiger partial charge in [0.05, 0.1) is 20.5 Å². The third-order valence-corrected chi connectivity index (χ3v) is 8.78. The average molecular weight is 580 g/mol. The quantitative estimate of drug-likeness (QED) is 0.309. The number of nitrogens with one attached hydrogen (secondary N) is 1. The molecular weight excluding hydrogens is 556 g/mol. The fraction of sp³-hybridized carbons (Fsp3) is 0.154. The van der Waals surface area contributed by atoms with E-state index in [-0.39, 0.29) is 32.7 Å². The Kier molecular flexibility index (Phi) is 9.37. The first kappa shape index (κ1) is 28.7. The molecule has 3 rings (SSSR count). The van der Waals surface area contributed by atoms with Crippen LogP contribution in [0.3, 0.4) is 0 Å². The molecule has 1 amide bonds. The van der Waals surface area contributed by atoms with Crippen molar-refractivity contribution in [3.8, 4) is 5.75 Å². The van der Waals surface area contributed by atoms with Gasteiger partial charge < -0.3 is 15.5 Å². The number of carbonyl (C=O) groups is 2. The lowest BCUT2D eigenvalue weighted by molar-refractivity contribution is -0.139. The molecular formula is C26H24Cl2NO6PS. The van der Waals surface area contributed by atoms with E-state index < -0.39 is 35.7 Å². The second kappa shape index (κ2) is 12.1. The monoisotopic (exact) mass is 579 g/mol. The summed E-state index contributed by atoms with van der Waals surface area (Å²) < 4.78 is 23.6. The smallest absolute Gasteiger partial charge is 0.326 e. The number of amides is 1. The number of halogens is 2. The molecule has 2 unspecified atom stereocenters. The summed E-state index contributed by atoms with van der Waals surface area (Å²) in [5.41, 5.74) is 1.01. The Morgan fingerprint density at radius 2 is 1.70 bits per heavy atom. The molecule has 0 radical (unpaired) electrons. The van der Waals surface area contributed by atoms with E-state index in [4.69, 9.17) is 23.2 Å². The van der Waals surface area contributed by atoms with E-state index in [0.29, 0.717) is 11.1 Å². The van der Waals surface area contributed by atoms with Gasteiger partial charge in [0, 0.05) is 12.7 Å². The molecule has 7 nitrogen and oxygen atoms in total. The Balaban J connectivity index is 1.78. The molecule has 0 heterocycles. The minimum atomic E-state index is -3.48. The fourth-order valence-corrected chi connectivity index (χ4v) is 6.06. The Morgan fingerprint density at radius 3 is 2.30 bits per heavy atom. The zero-order chi connectivity index (χ0) is 27.3. The summed E-state index contributed by atoms with van der Waals surface area (Å²) in [5, 5.41) is 22.8. The number of aliphatic carboxylic acids is 1. The van der Waals surface area contributed by atoms with Crippen LogP contribution in [-0.2, 0) is 21.1 Å². The maximum Gasteiger partial charge on any atom is 0.326 e. The van der Waals surface area contributed by atoms with Crippen LogP contribution < -0.4 is 10.6 Å². The van der Waals surface area contributed by atoms with Crippen molar-refractivity contribution in [2.45, 2.75) is 17.4 Å². The molecule has 0 aliphatic carbocycles. The average Bonchev–Trinajstić information content (AvgIpc) is 2.81. The predicted octanol–water partition coefficient (Wildman–Crippen LogP) is 4.94. The van der Waals surface area contributed by atoms with Gasteiger partial charge in [0.15, 0.2) is 9.84 Å². The maximum atomic E-state index is 12.9. The molecule has 0 bridgehead atoms. The largest absolute Gasteiger partial charge is 0.508 e. The maximum absolute atomic E-state index is 12.9. The summed E-state index contributed by atoms with van der Waals surface area (Å²) in [6, 6.07) is 14.6. The number of phenols is 1. The van der Waals surface area contributed by atoms with Gasteiger partial charge in [-0.25, -0.2) is 13.2 Å². The molecule has 0 aromatic heterocycles. The lowest BCUT2D eigenvalue weighted by Crippen LogP contribution is -2.42. The van der Waals surface area contributed by atoms with Gasteiger partial charge in [0.1, 0.15) is 11.8 Å². The van der Waals surface area contributed by atoms with Crippen LogP contribution >= 0.6 is 31.1 Å². The lowest BCUT2D eigenvalue weighted by atomic mass is 10.0. The van der Waals surface area contributed by atoms with Crippen molar-refractivity contribution in [1.29, 1.82) is 0 Å². The molecule has 2 atom stereocenters. The second-order valence-corrected chi connectivity index (χ2v) is 13.2. The highest BCUT2D eigenvalue weighted by atomic mass is 35.5. The van der Waals surface area contributed by atoms with Crippen LogP contribution in [0, 0.1) is 0 Å². The molecule has 194 valence electrons. The number of sulfone groups is 1. The van der Waals surface area contributed by atoms with Gasteiger partial charge in [-0.3, -0.25) is 4.79 Å². The van der Waals surface area contributed by atoms with Crippen LogP contribution in [0.1, 0.15) is 21.5 Å². The topological polar surface area (TPSA) is 121 Å². The standard InChI is InChI=1S/C26H24Cl2NO6PS/c1-36(19-7-4-6-18(30)15-19)10-9-17-12-21(27)24(22(28)13-17)25(31)29-23(26(32)33)14-16-5-3-8-20(11-16)37(2,34)35/h3-13,15,23,30H,14H2,1-2H3,(H,29,31)(H,32,33)/b10-9+. The third kappa shape index (κ3) is 7.79. The molecule has 3 aromatic rings. The molecule has 3 N–H and O–H groups in total. The molecule has 0 saturated carbocycles. The fourth-order valence-electron chi connectivity index (χ4n) is 3.47. The zero-order valence-corrected chi connectivity index (χ0v) is 23.1. The first-order valence-corrected chi connectivity index (χ1v) is 15.4. The number of aromatic hydroxyl groups is 1. The SMILES string of the molecule is CP(/C=C/c1cc(Cl)c(C(=O)NC(Cc2cccc(S(C)(=O)=O)c2)C(=O)O)c(Cl)c1)c1cccc(O)c1. The van der Waals surface area contributed by atoms with Crippen molar-refractivity contribution in [1.82, 2.24) is 5.32 Å². The van der Waals surface area contributed by atoms with Gasteiger partial charge in [-0.15, -0.1) is 0 Å². The van der Waals surface area contributed by atoms with E-state index in [2.05, 4.69) is 5.32 Å². The van der Waals surface area contributed by atoms with Crippen LogP contribution in [0.25, 0.3) is 6.08 Å². The van der Waals surface area contributed by atoms with Crippen molar-refractivity contribution < 1.29 is 28.2 Å². The Hall–Kier alpha value is -2.90. The minimum absolute atomic E-state index is 0.0469. The number of carbonyl (C=O) groups excluding carboxylic acids is 1. The number of hydrogen-bond acceptors (Lipinski definition) is 5. The van der Waals surface area contributed by atoms with Crippen LogP contribution in [0.4, 0.5) is 0 Å². The van der Waals surface area contributed by atoms with Gasteiger partial charge in [-0.2, -0.15) is 0 Å². The van der Waals surface area contributed by atoms with Gasteiger partial charge in [-0.1, -0.05) is 67.3 Å². The van der Waals surface area contributed by atoms with Crippen molar-refractivity contribution >= 4 is 64.2 Å². The Morgan fingerprint density at radius 1 is 1.05 bits per heavy atom.